The van der Waals surface area contributed by atoms with Crippen LogP contribution < -0.4 is 5.32 Å². The molecule has 0 spiro atoms. The van der Waals surface area contributed by atoms with E-state index < -0.39 is 35.8 Å². The predicted molar refractivity (Wildman–Crippen MR) is 111 cm³/mol. The molecule has 0 aromatic carbocycles. The number of hydrogen-bond donors (Lipinski definition) is 1. The highest BCUT2D eigenvalue weighted by Gasteiger charge is 2.36. The fraction of sp³-hybridized carbons (Fsp3) is 0.500. The first-order valence-electron chi connectivity index (χ1n) is 9.84. The van der Waals surface area contributed by atoms with E-state index in [1.54, 1.807) is 6.92 Å². The van der Waals surface area contributed by atoms with Crippen LogP contribution in [0.1, 0.15) is 70.2 Å². The Morgan fingerprint density at radius 1 is 1.19 bits per heavy atom. The third-order valence-electron chi connectivity index (χ3n) is 4.44. The van der Waals surface area contributed by atoms with Crippen LogP contribution in [0.4, 0.5) is 18.2 Å². The van der Waals surface area contributed by atoms with Crippen LogP contribution in [0.2, 0.25) is 0 Å². The number of aryl methyl sites for hydroxylation is 1. The molecule has 0 fully saturated rings. The maximum Gasteiger partial charge on any atom is 0.435 e. The number of nitrogens with one attached hydrogen (secondary N) is 1. The zero-order chi connectivity index (χ0) is 24.2. The van der Waals surface area contributed by atoms with Crippen molar-refractivity contribution in [1.29, 1.82) is 0 Å². The highest BCUT2D eigenvalue weighted by atomic mass is 32.1. The normalized spacial score (nSPS) is 12.4. The third-order valence-corrected chi connectivity index (χ3v) is 5.63. The molecule has 1 atom stereocenters. The van der Waals surface area contributed by atoms with Gasteiger partial charge < -0.3 is 14.8 Å². The molecule has 8 nitrogen and oxygen atoms in total. The second kappa shape index (κ2) is 10.2. The summed E-state index contributed by atoms with van der Waals surface area (Å²) in [6, 6.07) is -0.287. The van der Waals surface area contributed by atoms with E-state index in [0.29, 0.717) is 6.42 Å². The molecular weight excluding hydrogens is 451 g/mol. The predicted octanol–water partition coefficient (Wildman–Crippen LogP) is 4.52. The molecule has 2 aromatic rings. The first-order chi connectivity index (χ1) is 14.9. The summed E-state index contributed by atoms with van der Waals surface area (Å²) in [6.45, 7) is 7.99. The lowest BCUT2D eigenvalue weighted by atomic mass is 10.1. The van der Waals surface area contributed by atoms with Crippen LogP contribution in [0.3, 0.4) is 0 Å². The van der Waals surface area contributed by atoms with Crippen LogP contribution in [0.25, 0.3) is 0 Å². The van der Waals surface area contributed by atoms with Crippen molar-refractivity contribution in [3.05, 3.63) is 33.5 Å². The number of halogens is 3. The second-order valence-electron chi connectivity index (χ2n) is 6.90. The molecule has 1 amide bonds. The van der Waals surface area contributed by atoms with Crippen molar-refractivity contribution < 1.29 is 37.0 Å². The van der Waals surface area contributed by atoms with E-state index in [-0.39, 0.29) is 39.9 Å². The molecule has 0 bridgehead atoms. The summed E-state index contributed by atoms with van der Waals surface area (Å²) in [5.41, 5.74) is -0.695. The highest BCUT2D eigenvalue weighted by molar-refractivity contribution is 7.18. The quantitative estimate of drug-likeness (QED) is 0.564. The molecule has 0 aliphatic heterocycles. The number of hydrogen-bond acceptors (Lipinski definition) is 7. The molecule has 2 aromatic heterocycles. The minimum atomic E-state index is -4.65. The van der Waals surface area contributed by atoms with Gasteiger partial charge in [-0.2, -0.15) is 18.3 Å². The molecule has 1 unspecified atom stereocenters. The summed E-state index contributed by atoms with van der Waals surface area (Å²) in [7, 11) is 0. The van der Waals surface area contributed by atoms with E-state index in [0.717, 1.165) is 22.1 Å². The van der Waals surface area contributed by atoms with E-state index >= 15 is 0 Å². The Morgan fingerprint density at radius 3 is 2.38 bits per heavy atom. The van der Waals surface area contributed by atoms with Gasteiger partial charge in [0.05, 0.1) is 18.8 Å². The van der Waals surface area contributed by atoms with Crippen molar-refractivity contribution in [1.82, 2.24) is 9.78 Å². The Bertz CT molecular complexity index is 1010. The average molecular weight is 475 g/mol. The topological polar surface area (TPSA) is 99.5 Å². The number of alkyl halides is 3. The molecule has 176 valence electrons. The highest BCUT2D eigenvalue weighted by Crippen LogP contribution is 2.35. The minimum absolute atomic E-state index is 0.000205. The number of thiophene rings is 1. The Kier molecular flexibility index (Phi) is 8.05. The number of carbonyl (C=O) groups is 3. The van der Waals surface area contributed by atoms with E-state index in [2.05, 4.69) is 10.4 Å². The SMILES string of the molecule is CCCOC(=O)c1c(NC(=O)C(C)n2nc(C(F)(F)F)cc2C)sc(C(=O)OCC)c1C. The third kappa shape index (κ3) is 5.47. The van der Waals surface area contributed by atoms with E-state index in [1.807, 2.05) is 6.92 Å². The Morgan fingerprint density at radius 2 is 1.84 bits per heavy atom. The van der Waals surface area contributed by atoms with Gasteiger partial charge in [0.15, 0.2) is 5.69 Å². The number of anilines is 1. The number of esters is 2. The smallest absolute Gasteiger partial charge is 0.435 e. The van der Waals surface area contributed by atoms with Crippen LogP contribution in [0, 0.1) is 13.8 Å². The van der Waals surface area contributed by atoms with Crippen LogP contribution in [-0.2, 0) is 20.4 Å². The van der Waals surface area contributed by atoms with Gasteiger partial charge >= 0.3 is 18.1 Å². The fourth-order valence-corrected chi connectivity index (χ4v) is 3.94. The maximum absolute atomic E-state index is 13.0. The first-order valence-corrected chi connectivity index (χ1v) is 10.7. The zero-order valence-electron chi connectivity index (χ0n) is 18.3. The van der Waals surface area contributed by atoms with Crippen molar-refractivity contribution in [2.75, 3.05) is 18.5 Å². The Hall–Kier alpha value is -2.89. The molecule has 2 heterocycles. The van der Waals surface area contributed by atoms with Crippen LogP contribution >= 0.6 is 11.3 Å². The van der Waals surface area contributed by atoms with Crippen LogP contribution in [-0.4, -0.2) is 40.8 Å². The molecule has 0 radical (unpaired) electrons. The summed E-state index contributed by atoms with van der Waals surface area (Å²) in [5, 5.41) is 6.06. The zero-order valence-corrected chi connectivity index (χ0v) is 19.1. The minimum Gasteiger partial charge on any atom is -0.462 e. The maximum atomic E-state index is 13.0. The van der Waals surface area contributed by atoms with Gasteiger partial charge in [-0.25, -0.2) is 9.59 Å². The molecule has 0 saturated carbocycles. The summed E-state index contributed by atoms with van der Waals surface area (Å²) >= 11 is 0.834. The van der Waals surface area contributed by atoms with Gasteiger partial charge in [-0.1, -0.05) is 6.92 Å². The molecule has 1 N–H and O–H groups in total. The van der Waals surface area contributed by atoms with Gasteiger partial charge in [0.25, 0.3) is 0 Å². The summed E-state index contributed by atoms with van der Waals surface area (Å²) in [6.07, 6.45) is -4.08. The standard InChI is InChI=1S/C20H24F3N3O5S/c1-6-8-31-18(28)14-11(4)15(19(29)30-7-2)32-17(14)24-16(27)12(5)26-10(3)9-13(25-26)20(21,22)23/h9,12H,6-8H2,1-5H3,(H,24,27). The average Bonchev–Trinajstić information content (AvgIpc) is 3.25. The molecule has 12 heteroatoms. The number of carbonyl (C=O) groups excluding carboxylic acids is 3. The van der Waals surface area contributed by atoms with Crippen molar-refractivity contribution >= 4 is 34.2 Å². The monoisotopic (exact) mass is 475 g/mol. The lowest BCUT2D eigenvalue weighted by Crippen LogP contribution is -2.26. The lowest BCUT2D eigenvalue weighted by Gasteiger charge is -2.15. The van der Waals surface area contributed by atoms with Crippen LogP contribution in [0.5, 0.6) is 0 Å². The largest absolute Gasteiger partial charge is 0.462 e. The molecule has 0 aliphatic rings. The number of amides is 1. The van der Waals surface area contributed by atoms with Crippen molar-refractivity contribution in [3.8, 4) is 0 Å². The molecule has 0 saturated heterocycles. The fourth-order valence-electron chi connectivity index (χ4n) is 2.85. The summed E-state index contributed by atoms with van der Waals surface area (Å²) in [5.74, 6) is -2.11. The second-order valence-corrected chi connectivity index (χ2v) is 7.92. The van der Waals surface area contributed by atoms with Gasteiger partial charge in [0.1, 0.15) is 15.9 Å². The summed E-state index contributed by atoms with van der Waals surface area (Å²) < 4.78 is 50.0. The summed E-state index contributed by atoms with van der Waals surface area (Å²) in [4.78, 5) is 37.8. The first kappa shape index (κ1) is 25.4. The van der Waals surface area contributed by atoms with E-state index in [1.165, 1.54) is 20.8 Å². The van der Waals surface area contributed by atoms with E-state index in [9.17, 15) is 27.6 Å². The Labute approximate surface area is 186 Å². The molecule has 32 heavy (non-hydrogen) atoms. The van der Waals surface area contributed by atoms with Crippen molar-refractivity contribution in [2.45, 2.75) is 53.3 Å². The number of nitrogens with zero attached hydrogens (tertiary/aromatic N) is 2. The number of rotatable bonds is 8. The van der Waals surface area contributed by atoms with Crippen LogP contribution in [0.15, 0.2) is 6.07 Å². The van der Waals surface area contributed by atoms with Gasteiger partial charge in [0.2, 0.25) is 5.91 Å². The van der Waals surface area contributed by atoms with Gasteiger partial charge in [-0.05, 0) is 45.7 Å². The molecular formula is C20H24F3N3O5S. The van der Waals surface area contributed by atoms with Crippen molar-refractivity contribution in [3.63, 3.8) is 0 Å². The Balaban J connectivity index is 2.38. The molecule has 0 aliphatic carbocycles. The van der Waals surface area contributed by atoms with Gasteiger partial charge in [-0.3, -0.25) is 9.48 Å². The number of ether oxygens (including phenoxy) is 2. The van der Waals surface area contributed by atoms with Gasteiger partial charge in [0, 0.05) is 5.69 Å². The molecule has 2 rings (SSSR count). The van der Waals surface area contributed by atoms with Crippen molar-refractivity contribution in [2.24, 2.45) is 0 Å². The van der Waals surface area contributed by atoms with Gasteiger partial charge in [-0.15, -0.1) is 11.3 Å². The number of aromatic nitrogens is 2. The lowest BCUT2D eigenvalue weighted by molar-refractivity contribution is -0.141. The van der Waals surface area contributed by atoms with E-state index in [4.69, 9.17) is 9.47 Å².